The van der Waals surface area contributed by atoms with Crippen LogP contribution < -0.4 is 0 Å². The Bertz CT molecular complexity index is 493. The van der Waals surface area contributed by atoms with Crippen LogP contribution in [0.5, 0.6) is 0 Å². The maximum absolute atomic E-state index is 12.9. The first kappa shape index (κ1) is 15.4. The minimum atomic E-state index is -0.0724. The van der Waals surface area contributed by atoms with E-state index in [4.69, 9.17) is 0 Å². The van der Waals surface area contributed by atoms with Crippen molar-refractivity contribution in [2.45, 2.75) is 46.5 Å². The maximum Gasteiger partial charge on any atom is 0.167 e. The van der Waals surface area contributed by atoms with Crippen LogP contribution in [0.3, 0.4) is 0 Å². The Hall–Kier alpha value is -1.01. The smallest absolute Gasteiger partial charge is 0.167 e. The fourth-order valence-corrected chi connectivity index (χ4v) is 4.26. The van der Waals surface area contributed by atoms with Gasteiger partial charge in [0, 0.05) is 17.6 Å². The Morgan fingerprint density at radius 1 is 1.20 bits per heavy atom. The Balaban J connectivity index is 2.34. The Kier molecular flexibility index (Phi) is 5.10. The SMILES string of the molecule is Cc1cc(C)c(C(=O)C(CP=O)C2CCCC2)c(C)c1. The number of hydrogen-bond donors (Lipinski definition) is 0. The van der Waals surface area contributed by atoms with Gasteiger partial charge in [0.15, 0.2) is 14.2 Å². The molecule has 2 nitrogen and oxygen atoms in total. The molecular weight excluding hydrogens is 267 g/mol. The molecule has 1 fully saturated rings. The molecule has 3 heteroatoms. The number of carbonyl (C=O) groups is 1. The highest BCUT2D eigenvalue weighted by atomic mass is 31.1. The standard InChI is InChI=1S/C17H23O2P/c1-11-8-12(2)16(13(3)9-11)17(18)15(10-20-19)14-6-4-5-7-14/h8-9,14-15H,4-7,10H2,1-3H3. The highest BCUT2D eigenvalue weighted by Crippen LogP contribution is 2.36. The van der Waals surface area contributed by atoms with E-state index in [9.17, 15) is 9.36 Å². The van der Waals surface area contributed by atoms with Crippen molar-refractivity contribution >= 4 is 14.2 Å². The molecule has 1 aliphatic rings. The summed E-state index contributed by atoms with van der Waals surface area (Å²) in [5.41, 5.74) is 4.16. The molecule has 0 N–H and O–H groups in total. The van der Waals surface area contributed by atoms with Crippen LogP contribution in [-0.2, 0) is 4.57 Å². The Labute approximate surface area is 123 Å². The number of hydrogen-bond acceptors (Lipinski definition) is 2. The second-order valence-electron chi connectivity index (χ2n) is 6.10. The van der Waals surface area contributed by atoms with Gasteiger partial charge in [0.05, 0.1) is 0 Å². The molecule has 0 radical (unpaired) electrons. The summed E-state index contributed by atoms with van der Waals surface area (Å²) in [7, 11) is 0.0932. The van der Waals surface area contributed by atoms with Crippen LogP contribution in [0.15, 0.2) is 12.1 Å². The summed E-state index contributed by atoms with van der Waals surface area (Å²) in [5, 5.41) is 0. The molecule has 0 amide bonds. The normalized spacial score (nSPS) is 17.6. The summed E-state index contributed by atoms with van der Waals surface area (Å²) in [6.07, 6.45) is 5.09. The van der Waals surface area contributed by atoms with Crippen LogP contribution in [0.2, 0.25) is 0 Å². The van der Waals surface area contributed by atoms with E-state index in [0.717, 1.165) is 29.5 Å². The first-order valence-electron chi connectivity index (χ1n) is 7.45. The molecule has 0 bridgehead atoms. The topological polar surface area (TPSA) is 34.1 Å². The van der Waals surface area contributed by atoms with E-state index in [2.05, 4.69) is 19.1 Å². The summed E-state index contributed by atoms with van der Waals surface area (Å²) in [4.78, 5) is 12.9. The van der Waals surface area contributed by atoms with Crippen molar-refractivity contribution < 1.29 is 9.36 Å². The van der Waals surface area contributed by atoms with Gasteiger partial charge >= 0.3 is 0 Å². The lowest BCUT2D eigenvalue weighted by Crippen LogP contribution is -2.25. The lowest BCUT2D eigenvalue weighted by atomic mass is 9.83. The molecule has 1 saturated carbocycles. The number of rotatable bonds is 5. The van der Waals surface area contributed by atoms with Gasteiger partial charge in [-0.2, -0.15) is 0 Å². The van der Waals surface area contributed by atoms with E-state index in [-0.39, 0.29) is 20.2 Å². The van der Waals surface area contributed by atoms with Crippen molar-refractivity contribution in [1.29, 1.82) is 0 Å². The molecule has 0 aromatic heterocycles. The molecule has 1 unspecified atom stereocenters. The van der Waals surface area contributed by atoms with Crippen molar-refractivity contribution in [3.05, 3.63) is 34.4 Å². The highest BCUT2D eigenvalue weighted by molar-refractivity contribution is 7.23. The zero-order chi connectivity index (χ0) is 14.7. The van der Waals surface area contributed by atoms with E-state index in [1.165, 1.54) is 18.4 Å². The minimum absolute atomic E-state index is 0.0724. The van der Waals surface area contributed by atoms with Crippen LogP contribution in [0.25, 0.3) is 0 Å². The molecule has 0 heterocycles. The Morgan fingerprint density at radius 3 is 2.25 bits per heavy atom. The summed E-state index contributed by atoms with van der Waals surface area (Å²) in [6.45, 7) is 6.07. The zero-order valence-corrected chi connectivity index (χ0v) is 13.5. The van der Waals surface area contributed by atoms with Crippen molar-refractivity contribution in [3.63, 3.8) is 0 Å². The van der Waals surface area contributed by atoms with Gasteiger partial charge in [-0.25, -0.2) is 0 Å². The van der Waals surface area contributed by atoms with Gasteiger partial charge in [-0.05, 0) is 50.7 Å². The number of Topliss-reactive ketones (excluding diaryl/α,β-unsaturated/α-hetero) is 1. The molecule has 20 heavy (non-hydrogen) atoms. The van der Waals surface area contributed by atoms with E-state index in [0.29, 0.717) is 12.1 Å². The van der Waals surface area contributed by atoms with Crippen LogP contribution in [-0.4, -0.2) is 11.9 Å². The Morgan fingerprint density at radius 2 is 1.75 bits per heavy atom. The lowest BCUT2D eigenvalue weighted by Gasteiger charge is -2.22. The second-order valence-corrected chi connectivity index (χ2v) is 6.72. The first-order valence-corrected chi connectivity index (χ1v) is 8.45. The summed E-state index contributed by atoms with van der Waals surface area (Å²) < 4.78 is 11.1. The first-order chi connectivity index (χ1) is 9.54. The van der Waals surface area contributed by atoms with Crippen molar-refractivity contribution in [3.8, 4) is 0 Å². The van der Waals surface area contributed by atoms with E-state index >= 15 is 0 Å². The third-order valence-electron chi connectivity index (χ3n) is 4.50. The molecule has 108 valence electrons. The van der Waals surface area contributed by atoms with Crippen molar-refractivity contribution in [2.75, 3.05) is 6.16 Å². The molecule has 2 rings (SSSR count). The zero-order valence-electron chi connectivity index (χ0n) is 12.6. The molecule has 0 spiro atoms. The van der Waals surface area contributed by atoms with Gasteiger partial charge < -0.3 is 0 Å². The number of ketones is 1. The second kappa shape index (κ2) is 6.63. The van der Waals surface area contributed by atoms with Gasteiger partial charge in [-0.3, -0.25) is 9.36 Å². The average Bonchev–Trinajstić information content (AvgIpc) is 2.87. The van der Waals surface area contributed by atoms with Gasteiger partial charge in [0.2, 0.25) is 0 Å². The number of benzene rings is 1. The summed E-state index contributed by atoms with van der Waals surface area (Å²) in [5.74, 6) is 0.552. The lowest BCUT2D eigenvalue weighted by molar-refractivity contribution is 0.0890. The number of carbonyl (C=O) groups excluding carboxylic acids is 1. The molecule has 1 atom stereocenters. The maximum atomic E-state index is 12.9. The third-order valence-corrected chi connectivity index (χ3v) is 5.04. The van der Waals surface area contributed by atoms with Gasteiger partial charge in [-0.1, -0.05) is 30.5 Å². The van der Waals surface area contributed by atoms with Gasteiger partial charge in [0.1, 0.15) is 0 Å². The fourth-order valence-electron chi connectivity index (χ4n) is 3.64. The highest BCUT2D eigenvalue weighted by Gasteiger charge is 2.32. The molecular formula is C17H23O2P. The third kappa shape index (κ3) is 3.17. The monoisotopic (exact) mass is 290 g/mol. The summed E-state index contributed by atoms with van der Waals surface area (Å²) >= 11 is 0. The molecule has 1 aromatic carbocycles. The van der Waals surface area contributed by atoms with E-state index < -0.39 is 0 Å². The average molecular weight is 290 g/mol. The quantitative estimate of drug-likeness (QED) is 0.571. The predicted octanol–water partition coefficient (Wildman–Crippen LogP) is 4.89. The van der Waals surface area contributed by atoms with E-state index in [1.807, 2.05) is 13.8 Å². The molecule has 0 saturated heterocycles. The molecule has 1 aromatic rings. The van der Waals surface area contributed by atoms with Crippen LogP contribution >= 0.6 is 8.46 Å². The molecule has 0 aliphatic heterocycles. The molecule has 1 aliphatic carbocycles. The van der Waals surface area contributed by atoms with Gasteiger partial charge in [0.25, 0.3) is 0 Å². The van der Waals surface area contributed by atoms with Crippen molar-refractivity contribution in [2.24, 2.45) is 11.8 Å². The fraction of sp³-hybridized carbons (Fsp3) is 0.588. The predicted molar refractivity (Wildman–Crippen MR) is 82.9 cm³/mol. The largest absolute Gasteiger partial charge is 0.294 e. The van der Waals surface area contributed by atoms with Crippen LogP contribution in [0.4, 0.5) is 0 Å². The van der Waals surface area contributed by atoms with Crippen LogP contribution in [0, 0.1) is 32.6 Å². The van der Waals surface area contributed by atoms with E-state index in [1.54, 1.807) is 0 Å². The van der Waals surface area contributed by atoms with Crippen LogP contribution in [0.1, 0.15) is 52.7 Å². The summed E-state index contributed by atoms with van der Waals surface area (Å²) in [6, 6.07) is 4.14. The van der Waals surface area contributed by atoms with Crippen molar-refractivity contribution in [1.82, 2.24) is 0 Å². The number of aryl methyl sites for hydroxylation is 3. The van der Waals surface area contributed by atoms with Gasteiger partial charge in [-0.15, -0.1) is 0 Å². The minimum Gasteiger partial charge on any atom is -0.294 e.